The number of rotatable bonds is 1. The predicted octanol–water partition coefficient (Wildman–Crippen LogP) is 0.737. The molecule has 1 aromatic rings. The Kier molecular flexibility index (Phi) is 1.84. The first-order valence-electron chi connectivity index (χ1n) is 4.41. The van der Waals surface area contributed by atoms with Crippen LogP contribution in [0.1, 0.15) is 19.4 Å². The molecular formula is C10H11N3O. The second-order valence-corrected chi connectivity index (χ2v) is 3.72. The number of carbonyl (C=O) groups excluding carboxylic acids is 1. The van der Waals surface area contributed by atoms with Gasteiger partial charge in [-0.2, -0.15) is 0 Å². The number of nitrogens with one attached hydrogen (secondary N) is 1. The molecule has 1 aliphatic rings. The van der Waals surface area contributed by atoms with Crippen LogP contribution in [0, 0.1) is 0 Å². The average Bonchev–Trinajstić information content (AvgIpc) is 2.43. The van der Waals surface area contributed by atoms with E-state index in [1.807, 2.05) is 12.1 Å². The van der Waals surface area contributed by atoms with Crippen molar-refractivity contribution in [3.8, 4) is 0 Å². The first kappa shape index (κ1) is 8.87. The summed E-state index contributed by atoms with van der Waals surface area (Å²) in [6.45, 7) is 3.57. The Morgan fingerprint density at radius 2 is 2.21 bits per heavy atom. The van der Waals surface area contributed by atoms with Crippen molar-refractivity contribution in [3.05, 3.63) is 30.1 Å². The first-order valence-corrected chi connectivity index (χ1v) is 4.41. The van der Waals surface area contributed by atoms with Crippen molar-refractivity contribution in [2.24, 2.45) is 4.99 Å². The van der Waals surface area contributed by atoms with Gasteiger partial charge in [0.15, 0.2) is 0 Å². The Labute approximate surface area is 82.1 Å². The standard InChI is InChI=1S/C10H11N3O/c1-10(2)9(14)12-8(13-10)7-4-3-5-11-6-7/h3-6H,1-2H3,(H,12,13,14). The van der Waals surface area contributed by atoms with Crippen LogP contribution in [0.2, 0.25) is 0 Å². The van der Waals surface area contributed by atoms with Gasteiger partial charge < -0.3 is 5.32 Å². The van der Waals surface area contributed by atoms with Gasteiger partial charge in [-0.3, -0.25) is 14.8 Å². The highest BCUT2D eigenvalue weighted by molar-refractivity contribution is 6.14. The van der Waals surface area contributed by atoms with E-state index >= 15 is 0 Å². The molecule has 1 aromatic heterocycles. The molecule has 72 valence electrons. The highest BCUT2D eigenvalue weighted by Gasteiger charge is 2.34. The number of aliphatic imine (C=N–C) groups is 1. The van der Waals surface area contributed by atoms with Gasteiger partial charge in [0.2, 0.25) is 0 Å². The van der Waals surface area contributed by atoms with E-state index < -0.39 is 5.54 Å². The topological polar surface area (TPSA) is 54.4 Å². The molecule has 0 saturated heterocycles. The van der Waals surface area contributed by atoms with E-state index in [0.717, 1.165) is 5.56 Å². The lowest BCUT2D eigenvalue weighted by atomic mass is 10.1. The maximum absolute atomic E-state index is 11.4. The van der Waals surface area contributed by atoms with Crippen LogP contribution in [0.15, 0.2) is 29.5 Å². The molecule has 0 atom stereocenters. The fraction of sp³-hybridized carbons (Fsp3) is 0.300. The van der Waals surface area contributed by atoms with E-state index in [9.17, 15) is 4.79 Å². The Hall–Kier alpha value is -1.71. The molecule has 2 heterocycles. The van der Waals surface area contributed by atoms with Gasteiger partial charge in [-0.25, -0.2) is 0 Å². The van der Waals surface area contributed by atoms with Crippen molar-refractivity contribution in [3.63, 3.8) is 0 Å². The second kappa shape index (κ2) is 2.90. The van der Waals surface area contributed by atoms with Crippen molar-refractivity contribution in [2.45, 2.75) is 19.4 Å². The van der Waals surface area contributed by atoms with Crippen molar-refractivity contribution in [1.82, 2.24) is 10.3 Å². The van der Waals surface area contributed by atoms with E-state index in [0.29, 0.717) is 5.84 Å². The van der Waals surface area contributed by atoms with Gasteiger partial charge in [0.25, 0.3) is 5.91 Å². The minimum Gasteiger partial charge on any atom is -0.308 e. The molecule has 1 aliphatic heterocycles. The summed E-state index contributed by atoms with van der Waals surface area (Å²) in [5.74, 6) is 0.532. The van der Waals surface area contributed by atoms with Crippen LogP contribution in [-0.4, -0.2) is 22.3 Å². The van der Waals surface area contributed by atoms with Crippen LogP contribution < -0.4 is 5.32 Å². The van der Waals surface area contributed by atoms with E-state index in [1.165, 1.54) is 0 Å². The summed E-state index contributed by atoms with van der Waals surface area (Å²) in [5.41, 5.74) is 0.178. The smallest absolute Gasteiger partial charge is 0.252 e. The molecule has 0 spiro atoms. The van der Waals surface area contributed by atoms with Crippen LogP contribution >= 0.6 is 0 Å². The highest BCUT2D eigenvalue weighted by atomic mass is 16.2. The van der Waals surface area contributed by atoms with E-state index in [1.54, 1.807) is 26.2 Å². The van der Waals surface area contributed by atoms with Gasteiger partial charge in [-0.05, 0) is 26.0 Å². The summed E-state index contributed by atoms with van der Waals surface area (Å²) in [5, 5.41) is 2.73. The van der Waals surface area contributed by atoms with Crippen molar-refractivity contribution >= 4 is 11.7 Å². The van der Waals surface area contributed by atoms with Gasteiger partial charge in [-0.1, -0.05) is 0 Å². The summed E-state index contributed by atoms with van der Waals surface area (Å²) in [6, 6.07) is 3.68. The molecule has 0 radical (unpaired) electrons. The molecule has 4 nitrogen and oxygen atoms in total. The highest BCUT2D eigenvalue weighted by Crippen LogP contribution is 2.16. The van der Waals surface area contributed by atoms with Crippen LogP contribution in [0.5, 0.6) is 0 Å². The number of aromatic nitrogens is 1. The normalized spacial score (nSPS) is 19.0. The van der Waals surface area contributed by atoms with Crippen molar-refractivity contribution in [2.75, 3.05) is 0 Å². The van der Waals surface area contributed by atoms with E-state index in [4.69, 9.17) is 0 Å². The molecule has 0 aliphatic carbocycles. The van der Waals surface area contributed by atoms with Crippen LogP contribution in [0.3, 0.4) is 0 Å². The zero-order chi connectivity index (χ0) is 10.2. The Balaban J connectivity index is 2.36. The van der Waals surface area contributed by atoms with Crippen molar-refractivity contribution < 1.29 is 4.79 Å². The lowest BCUT2D eigenvalue weighted by molar-refractivity contribution is -0.122. The van der Waals surface area contributed by atoms with Crippen molar-refractivity contribution in [1.29, 1.82) is 0 Å². The zero-order valence-corrected chi connectivity index (χ0v) is 8.11. The number of nitrogens with zero attached hydrogens (tertiary/aromatic N) is 2. The third kappa shape index (κ3) is 1.39. The number of carbonyl (C=O) groups is 1. The number of amides is 1. The monoisotopic (exact) mass is 189 g/mol. The van der Waals surface area contributed by atoms with Gasteiger partial charge in [0, 0.05) is 18.0 Å². The number of pyridine rings is 1. The predicted molar refractivity (Wildman–Crippen MR) is 53.0 cm³/mol. The summed E-state index contributed by atoms with van der Waals surface area (Å²) in [4.78, 5) is 19.7. The molecule has 1 amide bonds. The second-order valence-electron chi connectivity index (χ2n) is 3.72. The van der Waals surface area contributed by atoms with Gasteiger partial charge in [0.1, 0.15) is 11.4 Å². The lowest BCUT2D eigenvalue weighted by Crippen LogP contribution is -2.34. The maximum Gasteiger partial charge on any atom is 0.252 e. The van der Waals surface area contributed by atoms with Gasteiger partial charge in [0.05, 0.1) is 0 Å². The van der Waals surface area contributed by atoms with Gasteiger partial charge >= 0.3 is 0 Å². The molecule has 0 unspecified atom stereocenters. The minimum atomic E-state index is -0.662. The zero-order valence-electron chi connectivity index (χ0n) is 8.11. The maximum atomic E-state index is 11.4. The number of amidine groups is 1. The average molecular weight is 189 g/mol. The molecule has 0 fully saturated rings. The largest absolute Gasteiger partial charge is 0.308 e. The summed E-state index contributed by atoms with van der Waals surface area (Å²) >= 11 is 0. The molecule has 1 N–H and O–H groups in total. The van der Waals surface area contributed by atoms with Crippen LogP contribution in [0.25, 0.3) is 0 Å². The molecule has 2 rings (SSSR count). The molecule has 14 heavy (non-hydrogen) atoms. The first-order chi connectivity index (χ1) is 6.59. The SMILES string of the molecule is CC1(C)N=C(c2cccnc2)NC1=O. The Morgan fingerprint density at radius 1 is 1.43 bits per heavy atom. The number of hydrogen-bond donors (Lipinski definition) is 1. The molecule has 0 aromatic carbocycles. The Bertz CT molecular complexity index is 395. The van der Waals surface area contributed by atoms with Gasteiger partial charge in [-0.15, -0.1) is 0 Å². The minimum absolute atomic E-state index is 0.0728. The molecule has 0 bridgehead atoms. The third-order valence-corrected chi connectivity index (χ3v) is 2.11. The summed E-state index contributed by atoms with van der Waals surface area (Å²) in [7, 11) is 0. The lowest BCUT2D eigenvalue weighted by Gasteiger charge is -2.07. The molecular weight excluding hydrogens is 178 g/mol. The fourth-order valence-electron chi connectivity index (χ4n) is 1.26. The van der Waals surface area contributed by atoms with E-state index in [2.05, 4.69) is 15.3 Å². The quantitative estimate of drug-likeness (QED) is 0.708. The van der Waals surface area contributed by atoms with Crippen LogP contribution in [0.4, 0.5) is 0 Å². The molecule has 0 saturated carbocycles. The summed E-state index contributed by atoms with van der Waals surface area (Å²) < 4.78 is 0. The van der Waals surface area contributed by atoms with Crippen LogP contribution in [-0.2, 0) is 4.79 Å². The molecule has 4 heteroatoms. The third-order valence-electron chi connectivity index (χ3n) is 2.11. The Morgan fingerprint density at radius 3 is 2.71 bits per heavy atom. The number of hydrogen-bond acceptors (Lipinski definition) is 3. The summed E-state index contributed by atoms with van der Waals surface area (Å²) in [6.07, 6.45) is 3.37. The fourth-order valence-corrected chi connectivity index (χ4v) is 1.26. The van der Waals surface area contributed by atoms with E-state index in [-0.39, 0.29) is 5.91 Å².